The molecular formula is C36H45N5O6S. The summed E-state index contributed by atoms with van der Waals surface area (Å²) >= 11 is 0. The van der Waals surface area contributed by atoms with E-state index in [-0.39, 0.29) is 42.4 Å². The van der Waals surface area contributed by atoms with E-state index in [1.165, 1.54) is 23.5 Å². The number of carbonyl (C=O) groups is 2. The molecular weight excluding hydrogens is 630 g/mol. The molecule has 0 fully saturated rings. The van der Waals surface area contributed by atoms with Crippen molar-refractivity contribution in [3.63, 3.8) is 0 Å². The second kappa shape index (κ2) is 17.3. The minimum atomic E-state index is -3.97. The minimum absolute atomic E-state index is 0.0956. The quantitative estimate of drug-likeness (QED) is 0.107. The molecule has 4 aromatic rings. The Morgan fingerprint density at radius 1 is 0.854 bits per heavy atom. The molecule has 2 amide bonds. The number of amides is 2. The van der Waals surface area contributed by atoms with Crippen molar-refractivity contribution in [3.8, 4) is 0 Å². The number of para-hydroxylation sites is 1. The van der Waals surface area contributed by atoms with Crippen molar-refractivity contribution >= 4 is 32.7 Å². The average molecular weight is 676 g/mol. The first kappa shape index (κ1) is 36.6. The molecule has 48 heavy (non-hydrogen) atoms. The van der Waals surface area contributed by atoms with Gasteiger partial charge in [-0.15, -0.1) is 0 Å². The van der Waals surface area contributed by atoms with E-state index in [1.54, 1.807) is 36.4 Å². The molecule has 0 bridgehead atoms. The molecule has 256 valence electrons. The fourth-order valence-corrected chi connectivity index (χ4v) is 6.72. The van der Waals surface area contributed by atoms with E-state index in [2.05, 4.69) is 20.9 Å². The monoisotopic (exact) mass is 675 g/mol. The van der Waals surface area contributed by atoms with Gasteiger partial charge in [-0.3, -0.25) is 14.9 Å². The van der Waals surface area contributed by atoms with Crippen molar-refractivity contribution in [2.75, 3.05) is 20.1 Å². The van der Waals surface area contributed by atoms with Crippen LogP contribution < -0.4 is 16.0 Å². The summed E-state index contributed by atoms with van der Waals surface area (Å²) < 4.78 is 28.7. The fraction of sp³-hybridized carbons (Fsp3) is 0.361. The summed E-state index contributed by atoms with van der Waals surface area (Å²) in [5, 5.41) is 31.1. The van der Waals surface area contributed by atoms with Crippen LogP contribution in [0, 0.1) is 5.92 Å². The molecule has 4 rings (SSSR count). The molecule has 0 aliphatic rings. The molecule has 1 unspecified atom stereocenters. The Balaban J connectivity index is 1.60. The molecule has 12 heteroatoms. The minimum Gasteiger partial charge on any atom is -0.390 e. The Labute approximate surface area is 282 Å². The van der Waals surface area contributed by atoms with Gasteiger partial charge in [-0.1, -0.05) is 86.6 Å². The lowest BCUT2D eigenvalue weighted by Gasteiger charge is -2.31. The van der Waals surface area contributed by atoms with Gasteiger partial charge in [-0.05, 0) is 55.6 Å². The first-order valence-corrected chi connectivity index (χ1v) is 17.5. The van der Waals surface area contributed by atoms with Crippen LogP contribution in [0.1, 0.15) is 42.7 Å². The van der Waals surface area contributed by atoms with Crippen LogP contribution in [0.4, 0.5) is 0 Å². The highest BCUT2D eigenvalue weighted by molar-refractivity contribution is 7.89. The van der Waals surface area contributed by atoms with E-state index < -0.39 is 46.3 Å². The first-order chi connectivity index (χ1) is 23.0. The van der Waals surface area contributed by atoms with Crippen molar-refractivity contribution in [3.05, 3.63) is 108 Å². The number of aromatic nitrogens is 1. The molecule has 11 nitrogen and oxygen atoms in total. The van der Waals surface area contributed by atoms with Crippen molar-refractivity contribution in [2.24, 2.45) is 5.92 Å². The van der Waals surface area contributed by atoms with Gasteiger partial charge < -0.3 is 20.8 Å². The normalized spacial score (nSPS) is 14.4. The lowest BCUT2D eigenvalue weighted by Crippen LogP contribution is -2.56. The van der Waals surface area contributed by atoms with E-state index in [0.717, 1.165) is 10.9 Å². The maximum atomic E-state index is 13.9. The molecule has 0 saturated heterocycles. The third-order valence-corrected chi connectivity index (χ3v) is 9.94. The Bertz CT molecular complexity index is 1740. The highest BCUT2D eigenvalue weighted by Gasteiger charge is 2.33. The molecule has 4 atom stereocenters. The van der Waals surface area contributed by atoms with Crippen LogP contribution in [0.5, 0.6) is 0 Å². The number of pyridine rings is 1. The van der Waals surface area contributed by atoms with E-state index in [9.17, 15) is 28.2 Å². The van der Waals surface area contributed by atoms with E-state index >= 15 is 0 Å². The first-order valence-electron chi connectivity index (χ1n) is 16.1. The Kier molecular flexibility index (Phi) is 13.2. The summed E-state index contributed by atoms with van der Waals surface area (Å²) in [5.74, 6) is -1.06. The number of hydrogen-bond acceptors (Lipinski definition) is 8. The largest absolute Gasteiger partial charge is 0.390 e. The van der Waals surface area contributed by atoms with Crippen LogP contribution in [-0.2, 0) is 21.2 Å². The standard InChI is InChI=1S/C36H45N5O6S/c1-25(2)20-21-41(48(46,47)28-15-8-5-9-16-28)24-33(42)31(22-26-12-6-4-7-13-26)39-36(45)32(23-34(43)37-3)40-35(44)30-19-18-27-14-10-11-17-29(27)38-30/h4-19,25,31-34,37,42-43H,20-24H2,1-3H3,(H,39,45)(H,40,44)/t31-,32-,33+,34?/m0/s1. The number of sulfonamides is 1. The van der Waals surface area contributed by atoms with Gasteiger partial charge in [0.2, 0.25) is 15.9 Å². The summed E-state index contributed by atoms with van der Waals surface area (Å²) in [4.78, 5) is 31.7. The van der Waals surface area contributed by atoms with Gasteiger partial charge in [0.15, 0.2) is 0 Å². The van der Waals surface area contributed by atoms with Crippen LogP contribution >= 0.6 is 0 Å². The average Bonchev–Trinajstić information content (AvgIpc) is 3.09. The number of hydrogen-bond donors (Lipinski definition) is 5. The molecule has 0 radical (unpaired) electrons. The summed E-state index contributed by atoms with van der Waals surface area (Å²) in [7, 11) is -2.45. The Morgan fingerprint density at radius 2 is 1.50 bits per heavy atom. The fourth-order valence-electron chi connectivity index (χ4n) is 5.22. The number of nitrogens with zero attached hydrogens (tertiary/aromatic N) is 2. The van der Waals surface area contributed by atoms with Gasteiger partial charge in [-0.2, -0.15) is 4.31 Å². The number of aliphatic hydroxyl groups is 2. The number of carbonyl (C=O) groups excluding carboxylic acids is 2. The second-order valence-electron chi connectivity index (χ2n) is 12.2. The van der Waals surface area contributed by atoms with Crippen LogP contribution in [0.3, 0.4) is 0 Å². The number of fused-ring (bicyclic) bond motifs is 1. The van der Waals surface area contributed by atoms with E-state index in [1.807, 2.05) is 62.4 Å². The zero-order chi connectivity index (χ0) is 34.7. The van der Waals surface area contributed by atoms with Gasteiger partial charge in [0.05, 0.1) is 22.6 Å². The Morgan fingerprint density at radius 3 is 2.17 bits per heavy atom. The van der Waals surface area contributed by atoms with Crippen molar-refractivity contribution in [1.82, 2.24) is 25.2 Å². The smallest absolute Gasteiger partial charge is 0.270 e. The summed E-state index contributed by atoms with van der Waals surface area (Å²) in [5.41, 5.74) is 1.51. The predicted octanol–water partition coefficient (Wildman–Crippen LogP) is 3.09. The van der Waals surface area contributed by atoms with Gasteiger partial charge in [0, 0.05) is 24.9 Å². The maximum Gasteiger partial charge on any atom is 0.270 e. The molecule has 0 spiro atoms. The van der Waals surface area contributed by atoms with E-state index in [0.29, 0.717) is 11.9 Å². The maximum absolute atomic E-state index is 13.9. The van der Waals surface area contributed by atoms with E-state index in [4.69, 9.17) is 0 Å². The molecule has 0 aliphatic heterocycles. The predicted molar refractivity (Wildman–Crippen MR) is 185 cm³/mol. The van der Waals surface area contributed by atoms with Crippen molar-refractivity contribution in [2.45, 2.75) is 62.4 Å². The molecule has 1 heterocycles. The highest BCUT2D eigenvalue weighted by atomic mass is 32.2. The summed E-state index contributed by atoms with van der Waals surface area (Å²) in [6.45, 7) is 3.87. The summed E-state index contributed by atoms with van der Waals surface area (Å²) in [6, 6.07) is 25.7. The van der Waals surface area contributed by atoms with Crippen LogP contribution in [0.25, 0.3) is 10.9 Å². The molecule has 3 aromatic carbocycles. The number of nitrogens with one attached hydrogen (secondary N) is 3. The molecule has 0 saturated carbocycles. The Hall–Kier alpha value is -4.20. The zero-order valence-corrected chi connectivity index (χ0v) is 28.3. The molecule has 5 N–H and O–H groups in total. The molecule has 1 aromatic heterocycles. The van der Waals surface area contributed by atoms with Crippen LogP contribution in [-0.4, -0.2) is 84.3 Å². The van der Waals surface area contributed by atoms with Gasteiger partial charge >= 0.3 is 0 Å². The van der Waals surface area contributed by atoms with Crippen LogP contribution in [0.15, 0.2) is 102 Å². The summed E-state index contributed by atoms with van der Waals surface area (Å²) in [6.07, 6.45) is -1.90. The lowest BCUT2D eigenvalue weighted by molar-refractivity contribution is -0.125. The van der Waals surface area contributed by atoms with Gasteiger partial charge in [-0.25, -0.2) is 13.4 Å². The van der Waals surface area contributed by atoms with Gasteiger partial charge in [0.25, 0.3) is 5.91 Å². The number of rotatable bonds is 17. The lowest BCUT2D eigenvalue weighted by atomic mass is 10.00. The highest BCUT2D eigenvalue weighted by Crippen LogP contribution is 2.19. The second-order valence-corrected chi connectivity index (χ2v) is 14.1. The van der Waals surface area contributed by atoms with Crippen LogP contribution in [0.2, 0.25) is 0 Å². The third kappa shape index (κ3) is 10.1. The number of benzene rings is 3. The zero-order valence-electron chi connectivity index (χ0n) is 27.5. The number of aliphatic hydroxyl groups excluding tert-OH is 2. The van der Waals surface area contributed by atoms with Crippen molar-refractivity contribution in [1.29, 1.82) is 0 Å². The van der Waals surface area contributed by atoms with Crippen molar-refractivity contribution < 1.29 is 28.2 Å². The third-order valence-electron chi connectivity index (χ3n) is 8.06. The topological polar surface area (TPSA) is 161 Å². The SMILES string of the molecule is CNC(O)C[C@H](NC(=O)c1ccc2ccccc2n1)C(=O)N[C@@H](Cc1ccccc1)[C@H](O)CN(CCC(C)C)S(=O)(=O)c1ccccc1. The van der Waals surface area contributed by atoms with Gasteiger partial charge in [0.1, 0.15) is 18.0 Å². The molecule has 0 aliphatic carbocycles.